The molecule has 0 unspecified atom stereocenters. The van der Waals surface area contributed by atoms with Crippen LogP contribution in [0.4, 0.5) is 0 Å². The van der Waals surface area contributed by atoms with Crippen LogP contribution >= 0.6 is 0 Å². The Morgan fingerprint density at radius 1 is 1.16 bits per heavy atom. The predicted molar refractivity (Wildman–Crippen MR) is 117 cm³/mol. The van der Waals surface area contributed by atoms with Gasteiger partial charge in [-0.3, -0.25) is 9.59 Å². The van der Waals surface area contributed by atoms with Gasteiger partial charge in [0.15, 0.2) is 15.5 Å². The van der Waals surface area contributed by atoms with Crippen LogP contribution in [0, 0.1) is 0 Å². The minimum Gasteiger partial charge on any atom is -0.497 e. The van der Waals surface area contributed by atoms with Crippen LogP contribution in [0.5, 0.6) is 5.75 Å². The molecule has 0 radical (unpaired) electrons. The zero-order valence-corrected chi connectivity index (χ0v) is 18.1. The first-order valence-corrected chi connectivity index (χ1v) is 11.7. The van der Waals surface area contributed by atoms with E-state index in [0.717, 1.165) is 10.2 Å². The van der Waals surface area contributed by atoms with Gasteiger partial charge in [-0.25, -0.2) is 13.1 Å². The molecule has 0 spiro atoms. The Labute approximate surface area is 180 Å². The molecule has 162 valence electrons. The molecule has 4 rings (SSSR count). The van der Waals surface area contributed by atoms with Crippen LogP contribution in [0.25, 0.3) is 10.8 Å². The second-order valence-electron chi connectivity index (χ2n) is 7.66. The summed E-state index contributed by atoms with van der Waals surface area (Å²) in [6.45, 7) is 0.224. The van der Waals surface area contributed by atoms with Gasteiger partial charge in [0.25, 0.3) is 11.5 Å². The minimum absolute atomic E-state index is 0.0471. The summed E-state index contributed by atoms with van der Waals surface area (Å²) in [5.41, 5.74) is 0.681. The molecule has 2 heterocycles. The van der Waals surface area contributed by atoms with Crippen molar-refractivity contribution in [1.82, 2.24) is 14.7 Å². The van der Waals surface area contributed by atoms with Crippen molar-refractivity contribution in [3.05, 3.63) is 70.1 Å². The summed E-state index contributed by atoms with van der Waals surface area (Å²) in [7, 11) is -0.133. The van der Waals surface area contributed by atoms with Crippen molar-refractivity contribution in [2.45, 2.75) is 19.0 Å². The number of aryl methyl sites for hydroxylation is 1. The van der Waals surface area contributed by atoms with E-state index >= 15 is 0 Å². The Morgan fingerprint density at radius 3 is 2.45 bits per heavy atom. The summed E-state index contributed by atoms with van der Waals surface area (Å²) >= 11 is 0. The van der Waals surface area contributed by atoms with E-state index in [0.29, 0.717) is 22.9 Å². The molecule has 0 N–H and O–H groups in total. The highest BCUT2D eigenvalue weighted by molar-refractivity contribution is 7.91. The third-order valence-electron chi connectivity index (χ3n) is 5.58. The number of ether oxygens (including phenoxy) is 1. The van der Waals surface area contributed by atoms with E-state index in [2.05, 4.69) is 5.10 Å². The monoisotopic (exact) mass is 441 g/mol. The van der Waals surface area contributed by atoms with Gasteiger partial charge >= 0.3 is 0 Å². The maximum absolute atomic E-state index is 13.7. The van der Waals surface area contributed by atoms with E-state index < -0.39 is 21.8 Å². The number of hydrogen-bond donors (Lipinski definition) is 0. The fourth-order valence-electron chi connectivity index (χ4n) is 3.91. The number of methoxy groups -OCH3 is 1. The van der Waals surface area contributed by atoms with Crippen molar-refractivity contribution in [3.8, 4) is 5.75 Å². The number of benzene rings is 2. The van der Waals surface area contributed by atoms with Crippen molar-refractivity contribution < 1.29 is 17.9 Å². The molecular formula is C22H23N3O5S. The van der Waals surface area contributed by atoms with Gasteiger partial charge in [-0.15, -0.1) is 0 Å². The molecule has 1 amide bonds. The molecule has 1 aromatic heterocycles. The molecule has 1 aliphatic rings. The van der Waals surface area contributed by atoms with Crippen molar-refractivity contribution in [2.24, 2.45) is 7.05 Å². The van der Waals surface area contributed by atoms with Crippen LogP contribution in [0.15, 0.2) is 53.3 Å². The van der Waals surface area contributed by atoms with Gasteiger partial charge in [-0.2, -0.15) is 5.10 Å². The average molecular weight is 442 g/mol. The third kappa shape index (κ3) is 4.18. The van der Waals surface area contributed by atoms with Gasteiger partial charge in [-0.1, -0.05) is 30.3 Å². The largest absolute Gasteiger partial charge is 0.497 e. The van der Waals surface area contributed by atoms with Crippen LogP contribution in [-0.4, -0.2) is 53.7 Å². The first kappa shape index (κ1) is 21.0. The highest BCUT2D eigenvalue weighted by Crippen LogP contribution is 2.24. The zero-order chi connectivity index (χ0) is 22.2. The first-order valence-electron chi connectivity index (χ1n) is 9.89. The van der Waals surface area contributed by atoms with E-state index in [1.807, 2.05) is 12.1 Å². The van der Waals surface area contributed by atoms with Crippen LogP contribution in [-0.2, 0) is 23.4 Å². The second kappa shape index (κ2) is 8.14. The van der Waals surface area contributed by atoms with Crippen LogP contribution in [0.1, 0.15) is 22.5 Å². The summed E-state index contributed by atoms with van der Waals surface area (Å²) in [6, 6.07) is 13.6. The Morgan fingerprint density at radius 2 is 1.84 bits per heavy atom. The number of amides is 1. The molecule has 8 nitrogen and oxygen atoms in total. The van der Waals surface area contributed by atoms with E-state index in [1.54, 1.807) is 48.4 Å². The number of nitrogens with zero attached hydrogens (tertiary/aromatic N) is 3. The molecule has 1 fully saturated rings. The van der Waals surface area contributed by atoms with E-state index in [-0.39, 0.29) is 29.3 Å². The quantitative estimate of drug-likeness (QED) is 0.599. The fraction of sp³-hybridized carbons (Fsp3) is 0.318. The maximum atomic E-state index is 13.7. The Hall–Kier alpha value is -3.20. The van der Waals surface area contributed by atoms with Crippen LogP contribution in [0.2, 0.25) is 0 Å². The summed E-state index contributed by atoms with van der Waals surface area (Å²) in [5, 5.41) is 5.09. The lowest BCUT2D eigenvalue weighted by atomic mass is 10.1. The average Bonchev–Trinajstić information content (AvgIpc) is 3.14. The van der Waals surface area contributed by atoms with Crippen molar-refractivity contribution in [3.63, 3.8) is 0 Å². The number of fused-ring (bicyclic) bond motifs is 1. The number of hydrogen-bond acceptors (Lipinski definition) is 6. The number of carbonyl (C=O) groups excluding carboxylic acids is 1. The summed E-state index contributed by atoms with van der Waals surface area (Å²) in [4.78, 5) is 27.7. The van der Waals surface area contributed by atoms with Crippen molar-refractivity contribution in [2.75, 3.05) is 18.6 Å². The number of sulfone groups is 1. The van der Waals surface area contributed by atoms with Crippen LogP contribution in [0.3, 0.4) is 0 Å². The topological polar surface area (TPSA) is 98.6 Å². The number of rotatable bonds is 5. The Kier molecular flexibility index (Phi) is 5.53. The zero-order valence-electron chi connectivity index (χ0n) is 17.3. The van der Waals surface area contributed by atoms with E-state index in [4.69, 9.17) is 4.74 Å². The van der Waals surface area contributed by atoms with Gasteiger partial charge in [-0.05, 0) is 30.2 Å². The van der Waals surface area contributed by atoms with E-state index in [9.17, 15) is 18.0 Å². The minimum atomic E-state index is -3.21. The molecule has 1 atom stereocenters. The maximum Gasteiger partial charge on any atom is 0.275 e. The lowest BCUT2D eigenvalue weighted by Crippen LogP contribution is -2.41. The molecule has 0 saturated carbocycles. The molecule has 31 heavy (non-hydrogen) atoms. The summed E-state index contributed by atoms with van der Waals surface area (Å²) < 4.78 is 30.6. The van der Waals surface area contributed by atoms with Crippen LogP contribution < -0.4 is 10.3 Å². The smallest absolute Gasteiger partial charge is 0.275 e. The Bertz CT molecular complexity index is 1300. The Balaban J connectivity index is 1.78. The van der Waals surface area contributed by atoms with Gasteiger partial charge in [0.05, 0.1) is 24.0 Å². The molecule has 9 heteroatoms. The van der Waals surface area contributed by atoms with Gasteiger partial charge in [0.1, 0.15) is 5.75 Å². The molecular weight excluding hydrogens is 418 g/mol. The predicted octanol–water partition coefficient (Wildman–Crippen LogP) is 1.77. The second-order valence-corrected chi connectivity index (χ2v) is 9.89. The number of carbonyl (C=O) groups is 1. The fourth-order valence-corrected chi connectivity index (χ4v) is 5.64. The first-order chi connectivity index (χ1) is 14.8. The molecule has 3 aromatic rings. The third-order valence-corrected chi connectivity index (χ3v) is 7.33. The van der Waals surface area contributed by atoms with E-state index in [1.165, 1.54) is 7.05 Å². The molecule has 0 aliphatic carbocycles. The van der Waals surface area contributed by atoms with Crippen molar-refractivity contribution in [1.29, 1.82) is 0 Å². The summed E-state index contributed by atoms with van der Waals surface area (Å²) in [6.07, 6.45) is 0.369. The van der Waals surface area contributed by atoms with Gasteiger partial charge in [0.2, 0.25) is 0 Å². The number of aromatic nitrogens is 2. The SMILES string of the molecule is COc1ccc(CN(C(=O)c2nn(C)c(=O)c3ccccc23)[C@@H]2CCS(=O)(=O)C2)cc1. The standard InChI is InChI=1S/C22H23N3O5S/c1-24-21(26)19-6-4-3-5-18(19)20(23-24)22(27)25(16-11-12-31(28,29)14-16)13-15-7-9-17(30-2)10-8-15/h3-10,16H,11-14H2,1-2H3/t16-/m1/s1. The molecule has 1 saturated heterocycles. The molecule has 1 aliphatic heterocycles. The lowest BCUT2D eigenvalue weighted by molar-refractivity contribution is 0.0674. The highest BCUT2D eigenvalue weighted by Gasteiger charge is 2.36. The normalized spacial score (nSPS) is 17.5. The lowest BCUT2D eigenvalue weighted by Gasteiger charge is -2.28. The molecule has 0 bridgehead atoms. The summed E-state index contributed by atoms with van der Waals surface area (Å²) in [5.74, 6) is 0.255. The van der Waals surface area contributed by atoms with Gasteiger partial charge < -0.3 is 9.64 Å². The molecule has 2 aromatic carbocycles. The highest BCUT2D eigenvalue weighted by atomic mass is 32.2. The van der Waals surface area contributed by atoms with Gasteiger partial charge in [0, 0.05) is 25.0 Å². The van der Waals surface area contributed by atoms with Crippen molar-refractivity contribution >= 4 is 26.5 Å².